The quantitative estimate of drug-likeness (QED) is 0.780. The summed E-state index contributed by atoms with van der Waals surface area (Å²) in [7, 11) is 0. The summed E-state index contributed by atoms with van der Waals surface area (Å²) in [5.41, 5.74) is 7.49. The van der Waals surface area contributed by atoms with Crippen molar-refractivity contribution in [3.05, 3.63) is 18.2 Å². The molecule has 0 saturated carbocycles. The van der Waals surface area contributed by atoms with Gasteiger partial charge in [-0.05, 0) is 37.6 Å². The Kier molecular flexibility index (Phi) is 4.14. The Morgan fingerprint density at radius 3 is 3.06 bits per heavy atom. The normalized spacial score (nSPS) is 19.9. The molecule has 0 aromatic heterocycles. The van der Waals surface area contributed by atoms with Crippen molar-refractivity contribution in [2.45, 2.75) is 24.0 Å². The molecule has 4 nitrogen and oxygen atoms in total. The second-order valence-corrected chi connectivity index (χ2v) is 6.06. The van der Waals surface area contributed by atoms with Crippen LogP contribution in [-0.4, -0.2) is 24.2 Å². The van der Waals surface area contributed by atoms with Crippen LogP contribution in [0.25, 0.3) is 0 Å². The van der Waals surface area contributed by atoms with E-state index in [0.717, 1.165) is 22.8 Å². The highest BCUT2D eigenvalue weighted by Crippen LogP contribution is 2.36. The Bertz CT molecular complexity index is 450. The lowest BCUT2D eigenvalue weighted by Crippen LogP contribution is -2.26. The van der Waals surface area contributed by atoms with Gasteiger partial charge in [-0.3, -0.25) is 4.79 Å². The standard InChI is InChI=1S/C13H19N3OS/c1-8(6-14)7-15-10-3-4-12-11(5-10)16-13(17)9(2)18-12/h3-5,8-9,15H,6-7,14H2,1-2H3,(H,16,17). The highest BCUT2D eigenvalue weighted by molar-refractivity contribution is 8.00. The van der Waals surface area contributed by atoms with Crippen LogP contribution in [-0.2, 0) is 4.79 Å². The van der Waals surface area contributed by atoms with Gasteiger partial charge in [0.2, 0.25) is 5.91 Å². The fourth-order valence-corrected chi connectivity index (χ4v) is 2.62. The van der Waals surface area contributed by atoms with Crippen LogP contribution < -0.4 is 16.4 Å². The summed E-state index contributed by atoms with van der Waals surface area (Å²) in [6.45, 7) is 5.53. The number of benzene rings is 1. The Morgan fingerprint density at radius 2 is 2.33 bits per heavy atom. The van der Waals surface area contributed by atoms with E-state index in [1.165, 1.54) is 0 Å². The molecule has 0 saturated heterocycles. The number of carbonyl (C=O) groups is 1. The van der Waals surface area contributed by atoms with Gasteiger partial charge in [-0.2, -0.15) is 0 Å². The van der Waals surface area contributed by atoms with E-state index < -0.39 is 0 Å². The molecule has 2 atom stereocenters. The van der Waals surface area contributed by atoms with Gasteiger partial charge in [-0.15, -0.1) is 11.8 Å². The predicted molar refractivity (Wildman–Crippen MR) is 77.1 cm³/mol. The predicted octanol–water partition coefficient (Wildman–Crippen LogP) is 2.13. The number of nitrogens with two attached hydrogens (primary N) is 1. The van der Waals surface area contributed by atoms with Crippen LogP contribution in [0.2, 0.25) is 0 Å². The molecule has 0 spiro atoms. The minimum absolute atomic E-state index is 0.0198. The van der Waals surface area contributed by atoms with Crippen molar-refractivity contribution in [3.8, 4) is 0 Å². The highest BCUT2D eigenvalue weighted by Gasteiger charge is 2.22. The zero-order valence-electron chi connectivity index (χ0n) is 10.7. The maximum Gasteiger partial charge on any atom is 0.237 e. The first-order valence-corrected chi connectivity index (χ1v) is 7.03. The fourth-order valence-electron chi connectivity index (χ4n) is 1.69. The topological polar surface area (TPSA) is 67.2 Å². The van der Waals surface area contributed by atoms with E-state index >= 15 is 0 Å². The number of thioether (sulfide) groups is 1. The first-order chi connectivity index (χ1) is 8.60. The van der Waals surface area contributed by atoms with Gasteiger partial charge in [-0.1, -0.05) is 6.92 Å². The Balaban J connectivity index is 2.08. The zero-order valence-corrected chi connectivity index (χ0v) is 11.5. The first kappa shape index (κ1) is 13.2. The van der Waals surface area contributed by atoms with Gasteiger partial charge >= 0.3 is 0 Å². The lowest BCUT2D eigenvalue weighted by atomic mass is 10.2. The summed E-state index contributed by atoms with van der Waals surface area (Å²) in [5.74, 6) is 0.505. The molecule has 2 rings (SSSR count). The molecule has 0 radical (unpaired) electrons. The Labute approximate surface area is 112 Å². The molecular weight excluding hydrogens is 246 g/mol. The number of anilines is 2. The van der Waals surface area contributed by atoms with Gasteiger partial charge < -0.3 is 16.4 Å². The molecule has 4 N–H and O–H groups in total. The van der Waals surface area contributed by atoms with E-state index in [-0.39, 0.29) is 11.2 Å². The van der Waals surface area contributed by atoms with Crippen LogP contribution in [0.15, 0.2) is 23.1 Å². The van der Waals surface area contributed by atoms with Crippen molar-refractivity contribution in [3.63, 3.8) is 0 Å². The number of carbonyl (C=O) groups excluding carboxylic acids is 1. The lowest BCUT2D eigenvalue weighted by Gasteiger charge is -2.22. The minimum Gasteiger partial charge on any atom is -0.385 e. The van der Waals surface area contributed by atoms with Crippen LogP contribution in [0, 0.1) is 5.92 Å². The summed E-state index contributed by atoms with van der Waals surface area (Å²) in [5, 5.41) is 6.24. The SMILES string of the molecule is CC(CN)CNc1ccc2c(c1)NC(=O)C(C)S2. The second kappa shape index (κ2) is 5.63. The third-order valence-electron chi connectivity index (χ3n) is 2.97. The summed E-state index contributed by atoms with van der Waals surface area (Å²) in [6, 6.07) is 6.07. The number of nitrogens with one attached hydrogen (secondary N) is 2. The second-order valence-electron chi connectivity index (χ2n) is 4.68. The molecule has 0 bridgehead atoms. The number of hydrogen-bond donors (Lipinski definition) is 3. The molecule has 2 unspecified atom stereocenters. The molecule has 0 fully saturated rings. The molecule has 1 heterocycles. The van der Waals surface area contributed by atoms with E-state index in [4.69, 9.17) is 5.73 Å². The maximum absolute atomic E-state index is 11.6. The summed E-state index contributed by atoms with van der Waals surface area (Å²) in [4.78, 5) is 12.7. The van der Waals surface area contributed by atoms with E-state index in [1.54, 1.807) is 11.8 Å². The largest absolute Gasteiger partial charge is 0.385 e. The third kappa shape index (κ3) is 2.97. The Morgan fingerprint density at radius 1 is 1.56 bits per heavy atom. The van der Waals surface area contributed by atoms with E-state index in [1.807, 2.05) is 25.1 Å². The molecule has 1 aromatic rings. The van der Waals surface area contributed by atoms with Crippen molar-refractivity contribution < 1.29 is 4.79 Å². The van der Waals surface area contributed by atoms with Gasteiger partial charge in [-0.25, -0.2) is 0 Å². The van der Waals surface area contributed by atoms with E-state index in [9.17, 15) is 4.79 Å². The molecule has 98 valence electrons. The highest BCUT2D eigenvalue weighted by atomic mass is 32.2. The average Bonchev–Trinajstić information content (AvgIpc) is 2.37. The number of rotatable bonds is 4. The lowest BCUT2D eigenvalue weighted by molar-refractivity contribution is -0.115. The summed E-state index contributed by atoms with van der Waals surface area (Å²) in [6.07, 6.45) is 0. The van der Waals surface area contributed by atoms with Crippen molar-refractivity contribution >= 4 is 29.0 Å². The van der Waals surface area contributed by atoms with E-state index in [0.29, 0.717) is 12.5 Å². The maximum atomic E-state index is 11.6. The molecule has 1 amide bonds. The van der Waals surface area contributed by atoms with Crippen molar-refractivity contribution in [1.82, 2.24) is 0 Å². The first-order valence-electron chi connectivity index (χ1n) is 6.15. The van der Waals surface area contributed by atoms with Crippen molar-refractivity contribution in [2.24, 2.45) is 11.7 Å². The Hall–Kier alpha value is -1.20. The van der Waals surface area contributed by atoms with Crippen LogP contribution >= 0.6 is 11.8 Å². The molecule has 1 aliphatic rings. The van der Waals surface area contributed by atoms with Crippen LogP contribution in [0.3, 0.4) is 0 Å². The molecule has 1 aromatic carbocycles. The minimum atomic E-state index is -0.0198. The van der Waals surface area contributed by atoms with Crippen LogP contribution in [0.4, 0.5) is 11.4 Å². The van der Waals surface area contributed by atoms with Crippen molar-refractivity contribution in [2.75, 3.05) is 23.7 Å². The third-order valence-corrected chi connectivity index (χ3v) is 4.14. The zero-order chi connectivity index (χ0) is 13.1. The van der Waals surface area contributed by atoms with E-state index in [2.05, 4.69) is 17.6 Å². The van der Waals surface area contributed by atoms with Gasteiger partial charge in [0, 0.05) is 17.1 Å². The molecule has 1 aliphatic heterocycles. The van der Waals surface area contributed by atoms with Gasteiger partial charge in [0.05, 0.1) is 10.9 Å². The van der Waals surface area contributed by atoms with Crippen LogP contribution in [0.5, 0.6) is 0 Å². The number of amides is 1. The molecular formula is C13H19N3OS. The van der Waals surface area contributed by atoms with Gasteiger partial charge in [0.25, 0.3) is 0 Å². The fraction of sp³-hybridized carbons (Fsp3) is 0.462. The number of fused-ring (bicyclic) bond motifs is 1. The summed E-state index contributed by atoms with van der Waals surface area (Å²) < 4.78 is 0. The van der Waals surface area contributed by atoms with Gasteiger partial charge in [0.1, 0.15) is 0 Å². The smallest absolute Gasteiger partial charge is 0.237 e. The van der Waals surface area contributed by atoms with Crippen molar-refractivity contribution in [1.29, 1.82) is 0 Å². The summed E-state index contributed by atoms with van der Waals surface area (Å²) >= 11 is 1.60. The monoisotopic (exact) mass is 265 g/mol. The average molecular weight is 265 g/mol. The van der Waals surface area contributed by atoms with Gasteiger partial charge in [0.15, 0.2) is 0 Å². The number of hydrogen-bond acceptors (Lipinski definition) is 4. The molecule has 0 aliphatic carbocycles. The molecule has 18 heavy (non-hydrogen) atoms. The molecule has 5 heteroatoms. The van der Waals surface area contributed by atoms with Crippen LogP contribution in [0.1, 0.15) is 13.8 Å².